The van der Waals surface area contributed by atoms with Crippen LogP contribution in [-0.2, 0) is 6.42 Å². The highest BCUT2D eigenvalue weighted by atomic mass is 79.9. The molecule has 0 aliphatic rings. The fourth-order valence-corrected chi connectivity index (χ4v) is 2.47. The zero-order valence-electron chi connectivity index (χ0n) is 6.59. The molecule has 0 radical (unpaired) electrons. The average molecular weight is 252 g/mol. The van der Waals surface area contributed by atoms with Crippen molar-refractivity contribution in [3.05, 3.63) is 20.8 Å². The van der Waals surface area contributed by atoms with Crippen LogP contribution >= 0.6 is 27.3 Å². The Bertz CT molecular complexity index is 239. The van der Waals surface area contributed by atoms with Crippen LogP contribution in [0.1, 0.15) is 11.3 Å². The maximum Gasteiger partial charge on any atom is 0.106 e. The largest absolute Gasteiger partial charge is 0.330 e. The normalized spacial score (nSPS) is 13.2. The lowest BCUT2D eigenvalue weighted by Crippen LogP contribution is -2.10. The van der Waals surface area contributed by atoms with Gasteiger partial charge in [-0.3, -0.25) is 0 Å². The summed E-state index contributed by atoms with van der Waals surface area (Å²) in [5, 5.41) is 1.96. The summed E-state index contributed by atoms with van der Waals surface area (Å²) >= 11 is 4.90. The summed E-state index contributed by atoms with van der Waals surface area (Å²) in [7, 11) is 0. The predicted molar refractivity (Wildman–Crippen MR) is 54.3 cm³/mol. The minimum Gasteiger partial charge on any atom is -0.330 e. The third kappa shape index (κ3) is 3.21. The highest BCUT2D eigenvalue weighted by Crippen LogP contribution is 2.22. The summed E-state index contributed by atoms with van der Waals surface area (Å²) in [5.41, 5.74) is 5.24. The van der Waals surface area contributed by atoms with E-state index in [9.17, 15) is 4.39 Å². The quantitative estimate of drug-likeness (QED) is 0.876. The first-order valence-corrected chi connectivity index (χ1v) is 5.46. The number of halogens is 2. The van der Waals surface area contributed by atoms with Crippen molar-refractivity contribution < 1.29 is 4.39 Å². The van der Waals surface area contributed by atoms with Crippen LogP contribution in [0, 0.1) is 0 Å². The fraction of sp³-hybridized carbons (Fsp3) is 0.500. The summed E-state index contributed by atoms with van der Waals surface area (Å²) in [5.74, 6) is 0. The molecule has 0 aliphatic carbocycles. The van der Waals surface area contributed by atoms with Gasteiger partial charge in [0.15, 0.2) is 0 Å². The first-order chi connectivity index (χ1) is 5.72. The summed E-state index contributed by atoms with van der Waals surface area (Å²) in [6, 6.07) is 1.95. The van der Waals surface area contributed by atoms with E-state index in [1.165, 1.54) is 0 Å². The van der Waals surface area contributed by atoms with Crippen molar-refractivity contribution in [1.29, 1.82) is 0 Å². The highest BCUT2D eigenvalue weighted by molar-refractivity contribution is 9.10. The van der Waals surface area contributed by atoms with E-state index in [0.717, 1.165) is 9.35 Å². The van der Waals surface area contributed by atoms with Gasteiger partial charge in [-0.1, -0.05) is 0 Å². The zero-order chi connectivity index (χ0) is 8.97. The monoisotopic (exact) mass is 251 g/mol. The van der Waals surface area contributed by atoms with E-state index in [-0.39, 0.29) is 0 Å². The van der Waals surface area contributed by atoms with E-state index in [2.05, 4.69) is 15.9 Å². The van der Waals surface area contributed by atoms with Gasteiger partial charge in [0.2, 0.25) is 0 Å². The minimum absolute atomic E-state index is 0.424. The van der Waals surface area contributed by atoms with Gasteiger partial charge in [-0.15, -0.1) is 11.3 Å². The molecule has 2 N–H and O–H groups in total. The first-order valence-electron chi connectivity index (χ1n) is 3.79. The van der Waals surface area contributed by atoms with Gasteiger partial charge >= 0.3 is 0 Å². The average Bonchev–Trinajstić information content (AvgIpc) is 2.36. The standard InChI is InChI=1S/C8H11BrFNS/c9-6-3-8(12-5-6)4-7(10)1-2-11/h3,5,7H,1-2,4,11H2. The second-order valence-electron chi connectivity index (χ2n) is 2.61. The molecule has 0 aromatic carbocycles. The number of rotatable bonds is 4. The van der Waals surface area contributed by atoms with Gasteiger partial charge in [0, 0.05) is 21.2 Å². The molecule has 0 saturated heterocycles. The lowest BCUT2D eigenvalue weighted by molar-refractivity contribution is 0.318. The molecule has 0 bridgehead atoms. The Kier molecular flexibility index (Phi) is 4.18. The van der Waals surface area contributed by atoms with Crippen LogP contribution in [0.25, 0.3) is 0 Å². The van der Waals surface area contributed by atoms with Crippen molar-refractivity contribution in [2.24, 2.45) is 5.73 Å². The lowest BCUT2D eigenvalue weighted by Gasteiger charge is -2.02. The zero-order valence-corrected chi connectivity index (χ0v) is 9.00. The van der Waals surface area contributed by atoms with E-state index in [0.29, 0.717) is 19.4 Å². The molecule has 1 nitrogen and oxygen atoms in total. The fourth-order valence-electron chi connectivity index (χ4n) is 0.962. The first kappa shape index (κ1) is 10.2. The molecule has 1 rings (SSSR count). The molecule has 4 heteroatoms. The number of thiophene rings is 1. The molecule has 1 aromatic heterocycles. The maximum atomic E-state index is 13.0. The number of alkyl halides is 1. The van der Waals surface area contributed by atoms with Gasteiger partial charge in [0.1, 0.15) is 6.17 Å². The molecule has 1 atom stereocenters. The SMILES string of the molecule is NCCC(F)Cc1cc(Br)cs1. The van der Waals surface area contributed by atoms with Gasteiger partial charge in [0.25, 0.3) is 0 Å². The molecule has 0 aliphatic heterocycles. The molecule has 1 aromatic rings. The van der Waals surface area contributed by atoms with E-state index in [1.54, 1.807) is 11.3 Å². The van der Waals surface area contributed by atoms with Crippen molar-refractivity contribution in [3.63, 3.8) is 0 Å². The summed E-state index contributed by atoms with van der Waals surface area (Å²) in [6.45, 7) is 0.424. The molecule has 1 heterocycles. The Morgan fingerprint density at radius 3 is 2.92 bits per heavy atom. The Balaban J connectivity index is 2.41. The van der Waals surface area contributed by atoms with Crippen molar-refractivity contribution in [3.8, 4) is 0 Å². The molecule has 12 heavy (non-hydrogen) atoms. The van der Waals surface area contributed by atoms with E-state index in [4.69, 9.17) is 5.73 Å². The smallest absolute Gasteiger partial charge is 0.106 e. The maximum absolute atomic E-state index is 13.0. The summed E-state index contributed by atoms with van der Waals surface area (Å²) in [4.78, 5) is 1.07. The van der Waals surface area contributed by atoms with Crippen LogP contribution in [0.4, 0.5) is 4.39 Å². The van der Waals surface area contributed by atoms with E-state index in [1.807, 2.05) is 11.4 Å². The Labute approximate surface area is 83.9 Å². The second kappa shape index (κ2) is 4.94. The molecule has 0 fully saturated rings. The Morgan fingerprint density at radius 1 is 1.67 bits per heavy atom. The summed E-state index contributed by atoms with van der Waals surface area (Å²) in [6.07, 6.45) is 0.156. The molecule has 0 spiro atoms. The molecule has 0 saturated carbocycles. The molecule has 0 amide bonds. The molecular formula is C8H11BrFNS. The van der Waals surface area contributed by atoms with Gasteiger partial charge in [0.05, 0.1) is 0 Å². The van der Waals surface area contributed by atoms with Crippen LogP contribution in [0.15, 0.2) is 15.9 Å². The van der Waals surface area contributed by atoms with Crippen LogP contribution in [0.2, 0.25) is 0 Å². The molecule has 68 valence electrons. The molecule has 1 unspecified atom stereocenters. The minimum atomic E-state index is -0.791. The number of nitrogens with two attached hydrogens (primary N) is 1. The lowest BCUT2D eigenvalue weighted by atomic mass is 10.2. The van der Waals surface area contributed by atoms with E-state index < -0.39 is 6.17 Å². The van der Waals surface area contributed by atoms with Crippen LogP contribution in [0.5, 0.6) is 0 Å². The topological polar surface area (TPSA) is 26.0 Å². The van der Waals surface area contributed by atoms with Crippen LogP contribution in [0.3, 0.4) is 0 Å². The van der Waals surface area contributed by atoms with Gasteiger partial charge < -0.3 is 5.73 Å². The van der Waals surface area contributed by atoms with Crippen molar-refractivity contribution >= 4 is 27.3 Å². The Hall–Kier alpha value is 0.0700. The predicted octanol–water partition coefficient (Wildman–Crippen LogP) is 2.74. The third-order valence-electron chi connectivity index (χ3n) is 1.52. The number of hydrogen-bond acceptors (Lipinski definition) is 2. The van der Waals surface area contributed by atoms with Gasteiger partial charge in [-0.25, -0.2) is 4.39 Å². The third-order valence-corrected chi connectivity index (χ3v) is 3.24. The van der Waals surface area contributed by atoms with Crippen molar-refractivity contribution in [2.45, 2.75) is 19.0 Å². The van der Waals surface area contributed by atoms with Crippen molar-refractivity contribution in [2.75, 3.05) is 6.54 Å². The van der Waals surface area contributed by atoms with Crippen LogP contribution in [-0.4, -0.2) is 12.7 Å². The van der Waals surface area contributed by atoms with Crippen molar-refractivity contribution in [1.82, 2.24) is 0 Å². The van der Waals surface area contributed by atoms with Gasteiger partial charge in [-0.2, -0.15) is 0 Å². The van der Waals surface area contributed by atoms with Gasteiger partial charge in [-0.05, 0) is 35.0 Å². The molecular weight excluding hydrogens is 241 g/mol. The highest BCUT2D eigenvalue weighted by Gasteiger charge is 2.07. The Morgan fingerprint density at radius 2 is 2.42 bits per heavy atom. The number of hydrogen-bond donors (Lipinski definition) is 1. The van der Waals surface area contributed by atoms with Crippen LogP contribution < -0.4 is 5.73 Å². The summed E-state index contributed by atoms with van der Waals surface area (Å²) < 4.78 is 14.0. The van der Waals surface area contributed by atoms with E-state index >= 15 is 0 Å². The second-order valence-corrected chi connectivity index (χ2v) is 4.52.